The molecule has 0 aromatic carbocycles. The molecule has 0 heterocycles. The fraction of sp³-hybridized carbons (Fsp3) is 0.857. The highest BCUT2D eigenvalue weighted by Crippen LogP contribution is 1.98. The molecule has 0 rings (SSSR count). The van der Waals surface area contributed by atoms with E-state index in [-0.39, 0.29) is 6.54 Å². The summed E-state index contributed by atoms with van der Waals surface area (Å²) in [6, 6.07) is 0. The van der Waals surface area contributed by atoms with Gasteiger partial charge in [0, 0.05) is 0 Å². The Bertz CT molecular complexity index is 215. The van der Waals surface area contributed by atoms with E-state index in [4.69, 9.17) is 9.22 Å². The van der Waals surface area contributed by atoms with Crippen LogP contribution in [0.2, 0.25) is 0 Å². The second-order valence-corrected chi connectivity index (χ2v) is 3.12. The Morgan fingerprint density at radius 1 is 1.73 bits per heavy atom. The van der Waals surface area contributed by atoms with Crippen LogP contribution in [-0.4, -0.2) is 54.4 Å². The summed E-state index contributed by atoms with van der Waals surface area (Å²) in [5.74, 6) is -1.14. The Hall–Kier alpha value is -0.610. The molecule has 0 aromatic rings. The van der Waals surface area contributed by atoms with Gasteiger partial charge >= 0.3 is 5.97 Å². The molecular formula is C7H16NO3+. The topological polar surface area (TPSA) is 57.5 Å². The van der Waals surface area contributed by atoms with E-state index in [0.717, 1.165) is 0 Å². The van der Waals surface area contributed by atoms with Crippen molar-refractivity contribution in [1.29, 1.82) is 0 Å². The molecule has 0 fully saturated rings. The van der Waals surface area contributed by atoms with E-state index in [1.54, 1.807) is 0 Å². The molecule has 1 atom stereocenters. The largest absolute Gasteiger partial charge is 0.481 e. The molecule has 0 amide bonds. The highest BCUT2D eigenvalue weighted by Gasteiger charge is 2.17. The van der Waals surface area contributed by atoms with Crippen LogP contribution in [0.5, 0.6) is 0 Å². The Kier molecular flexibility index (Phi) is 2.00. The van der Waals surface area contributed by atoms with Crippen molar-refractivity contribution >= 4 is 5.97 Å². The summed E-state index contributed by atoms with van der Waals surface area (Å²) < 4.78 is 21.1. The number of carboxylic acids is 1. The zero-order valence-corrected chi connectivity index (χ0v) is 6.74. The highest BCUT2D eigenvalue weighted by molar-refractivity contribution is 5.67. The van der Waals surface area contributed by atoms with Crippen LogP contribution in [0.1, 0.15) is 10.5 Å². The molecular weight excluding hydrogens is 146 g/mol. The van der Waals surface area contributed by atoms with Crippen LogP contribution < -0.4 is 0 Å². The molecule has 66 valence electrons. The van der Waals surface area contributed by atoms with Crippen LogP contribution in [-0.2, 0) is 4.79 Å². The van der Waals surface area contributed by atoms with Gasteiger partial charge in [0.25, 0.3) is 0 Å². The minimum absolute atomic E-state index is 0.108. The maximum atomic E-state index is 10.2. The number of carboxylic acid groups (broad SMARTS) is 1. The number of carbonyl (C=O) groups is 1. The second-order valence-electron chi connectivity index (χ2n) is 3.12. The van der Waals surface area contributed by atoms with E-state index in [0.29, 0.717) is 0 Å². The van der Waals surface area contributed by atoms with E-state index >= 15 is 0 Å². The van der Waals surface area contributed by atoms with Crippen molar-refractivity contribution in [2.75, 3.05) is 27.6 Å². The van der Waals surface area contributed by atoms with E-state index < -0.39 is 30.0 Å². The van der Waals surface area contributed by atoms with Crippen molar-refractivity contribution in [3.8, 4) is 0 Å². The van der Waals surface area contributed by atoms with Gasteiger partial charge < -0.3 is 14.7 Å². The number of aliphatic hydroxyl groups excluding tert-OH is 1. The summed E-state index contributed by atoms with van der Waals surface area (Å²) in [4.78, 5) is 10.2. The summed E-state index contributed by atoms with van der Waals surface area (Å²) in [7, 11) is 2.86. The van der Waals surface area contributed by atoms with Crippen LogP contribution in [0, 0.1) is 0 Å². The number of hydrogen-bond acceptors (Lipinski definition) is 2. The average molecular weight is 165 g/mol. The first-order valence-corrected chi connectivity index (χ1v) is 3.29. The number of aliphatic carboxylic acids is 1. The number of likely N-dealkylation sites (N-methyl/N-ethyl adjacent to an activating group) is 1. The smallest absolute Gasteiger partial charge is 0.306 e. The number of rotatable bonds is 4. The van der Waals surface area contributed by atoms with E-state index in [9.17, 15) is 9.90 Å². The standard InChI is InChI=1S/C7H15NO3/c1-8(2,3)5-6(9)4-7(10)11/h6,9H,4-5H2,1-3H3/p+1/i1D3. The van der Waals surface area contributed by atoms with Crippen molar-refractivity contribution in [3.05, 3.63) is 0 Å². The fourth-order valence-corrected chi connectivity index (χ4v) is 0.793. The Balaban J connectivity index is 4.29. The first kappa shape index (κ1) is 5.97. The van der Waals surface area contributed by atoms with Crippen molar-refractivity contribution < 1.29 is 23.6 Å². The summed E-state index contributed by atoms with van der Waals surface area (Å²) >= 11 is 0. The molecule has 1 unspecified atom stereocenters. The number of aliphatic hydroxyl groups is 1. The fourth-order valence-electron chi connectivity index (χ4n) is 0.793. The molecule has 0 aliphatic heterocycles. The van der Waals surface area contributed by atoms with Gasteiger partial charge in [0.2, 0.25) is 0 Å². The first-order valence-electron chi connectivity index (χ1n) is 4.79. The molecule has 0 aliphatic carbocycles. The third kappa shape index (κ3) is 7.29. The SMILES string of the molecule is [2H]C([2H])([2H])[N+](C)(C)CC(O)CC(=O)O. The van der Waals surface area contributed by atoms with Gasteiger partial charge in [-0.05, 0) is 0 Å². The molecule has 0 aromatic heterocycles. The second kappa shape index (κ2) is 3.69. The Morgan fingerprint density at radius 2 is 2.27 bits per heavy atom. The van der Waals surface area contributed by atoms with Gasteiger partial charge in [-0.3, -0.25) is 4.79 Å². The molecule has 0 saturated carbocycles. The predicted molar refractivity (Wildman–Crippen MR) is 41.2 cm³/mol. The molecule has 0 bridgehead atoms. The van der Waals surface area contributed by atoms with Gasteiger partial charge in [-0.25, -0.2) is 0 Å². The van der Waals surface area contributed by atoms with Crippen LogP contribution in [0.15, 0.2) is 0 Å². The lowest BCUT2D eigenvalue weighted by Crippen LogP contribution is -2.42. The zero-order valence-electron chi connectivity index (χ0n) is 9.74. The minimum Gasteiger partial charge on any atom is -0.481 e. The zero-order chi connectivity index (χ0) is 11.6. The Labute approximate surface area is 70.9 Å². The quantitative estimate of drug-likeness (QED) is 0.554. The molecule has 2 N–H and O–H groups in total. The summed E-state index contributed by atoms with van der Waals surface area (Å²) in [5.41, 5.74) is 0. The lowest BCUT2D eigenvalue weighted by atomic mass is 10.2. The minimum atomic E-state index is -2.25. The monoisotopic (exact) mass is 165 g/mol. The predicted octanol–water partition coefficient (Wildman–Crippen LogP) is -0.472. The van der Waals surface area contributed by atoms with Gasteiger partial charge in [-0.2, -0.15) is 0 Å². The first-order chi connectivity index (χ1) is 6.06. The third-order valence-electron chi connectivity index (χ3n) is 1.08. The van der Waals surface area contributed by atoms with Crippen molar-refractivity contribution in [1.82, 2.24) is 0 Å². The maximum Gasteiger partial charge on any atom is 0.306 e. The molecule has 0 spiro atoms. The van der Waals surface area contributed by atoms with Gasteiger partial charge in [0.15, 0.2) is 0 Å². The lowest BCUT2D eigenvalue weighted by molar-refractivity contribution is -0.873. The molecule has 0 radical (unpaired) electrons. The van der Waals surface area contributed by atoms with Gasteiger partial charge in [0.1, 0.15) is 12.6 Å². The summed E-state index contributed by atoms with van der Waals surface area (Å²) in [6.45, 7) is -2.36. The molecule has 4 nitrogen and oxygen atoms in total. The van der Waals surface area contributed by atoms with Crippen LogP contribution >= 0.6 is 0 Å². The third-order valence-corrected chi connectivity index (χ3v) is 1.08. The van der Waals surface area contributed by atoms with Gasteiger partial charge in [0.05, 0.1) is 31.6 Å². The summed E-state index contributed by atoms with van der Waals surface area (Å²) in [5, 5.41) is 17.6. The van der Waals surface area contributed by atoms with Crippen molar-refractivity contribution in [2.45, 2.75) is 12.5 Å². The molecule has 0 saturated heterocycles. The van der Waals surface area contributed by atoms with Gasteiger partial charge in [-0.1, -0.05) is 0 Å². The van der Waals surface area contributed by atoms with Crippen molar-refractivity contribution in [3.63, 3.8) is 0 Å². The van der Waals surface area contributed by atoms with Crippen LogP contribution in [0.3, 0.4) is 0 Å². The maximum absolute atomic E-state index is 10.2. The van der Waals surface area contributed by atoms with Crippen LogP contribution in [0.25, 0.3) is 0 Å². The Morgan fingerprint density at radius 3 is 2.64 bits per heavy atom. The number of hydrogen-bond donors (Lipinski definition) is 2. The van der Waals surface area contributed by atoms with Gasteiger partial charge in [-0.15, -0.1) is 0 Å². The molecule has 4 heteroatoms. The molecule has 11 heavy (non-hydrogen) atoms. The molecule has 0 aliphatic rings. The van der Waals surface area contributed by atoms with Crippen LogP contribution in [0.4, 0.5) is 0 Å². The van der Waals surface area contributed by atoms with Crippen molar-refractivity contribution in [2.24, 2.45) is 0 Å². The average Bonchev–Trinajstić information content (AvgIpc) is 1.79. The number of nitrogens with zero attached hydrogens (tertiary/aromatic N) is 1. The van der Waals surface area contributed by atoms with E-state index in [1.807, 2.05) is 0 Å². The van der Waals surface area contributed by atoms with E-state index in [1.165, 1.54) is 14.1 Å². The highest BCUT2D eigenvalue weighted by atomic mass is 16.4. The number of quaternary nitrogens is 1. The summed E-state index contributed by atoms with van der Waals surface area (Å²) in [6.07, 6.45) is -1.57. The normalized spacial score (nSPS) is 19.7. The van der Waals surface area contributed by atoms with E-state index in [2.05, 4.69) is 0 Å². The lowest BCUT2D eigenvalue weighted by Gasteiger charge is -2.25.